The van der Waals surface area contributed by atoms with Gasteiger partial charge < -0.3 is 14.5 Å². The number of piperidine rings is 1. The van der Waals surface area contributed by atoms with Crippen molar-refractivity contribution in [3.05, 3.63) is 104 Å². The maximum atomic E-state index is 14.2. The SMILES string of the molecule is Cc1nc2cnc(N(C)C3CCN(C4CC(OC(F)F)C4)CC3)c(C#N)c2c(=O)n1CC#Cc1ccc(Cl)cc1-c1ccnc2c(C(=O)NS(=O)(=O)c3ccncc3)csc12. The largest absolute Gasteiger partial charge is 0.355 e. The molecule has 1 N–H and O–H groups in total. The summed E-state index contributed by atoms with van der Waals surface area (Å²) in [6.07, 6.45) is 7.93. The average molecular weight is 884 g/mol. The zero-order valence-electron chi connectivity index (χ0n) is 32.7. The number of thiophene rings is 1. The average Bonchev–Trinajstić information content (AvgIpc) is 3.68. The standard InChI is InChI=1S/C42H36ClF2N9O5S2/c1-24-50-35-22-49-39(52(2)27-10-16-53(17-11-27)28-19-29(20-28)59-42(44)45)33(21-46)36(35)41(56)54(24)15-3-4-25-5-6-26(43)18-32(25)31-9-14-48-37-34(23-60-38(31)37)40(55)51-61(57,58)30-7-12-47-13-8-30/h5-9,12-14,18,22-23,27-29,42H,10-11,15-17,19-20H2,1-2H3,(H,51,55). The lowest BCUT2D eigenvalue weighted by atomic mass is 9.86. The second-order valence-electron chi connectivity index (χ2n) is 14.7. The predicted octanol–water partition coefficient (Wildman–Crippen LogP) is 6.14. The number of fused-ring (bicyclic) bond motifs is 2. The quantitative estimate of drug-likeness (QED) is 0.156. The van der Waals surface area contributed by atoms with Crippen LogP contribution in [0.4, 0.5) is 14.6 Å². The van der Waals surface area contributed by atoms with Crippen molar-refractivity contribution in [1.82, 2.24) is 34.1 Å². The molecule has 6 heterocycles. The van der Waals surface area contributed by atoms with E-state index in [1.54, 1.807) is 31.2 Å². The molecule has 0 bridgehead atoms. The van der Waals surface area contributed by atoms with E-state index in [-0.39, 0.29) is 40.0 Å². The van der Waals surface area contributed by atoms with Gasteiger partial charge in [-0.05, 0) is 69.0 Å². The Balaban J connectivity index is 1.04. The monoisotopic (exact) mass is 883 g/mol. The molecule has 5 aromatic heterocycles. The van der Waals surface area contributed by atoms with Gasteiger partial charge in [0.05, 0.1) is 50.4 Å². The highest BCUT2D eigenvalue weighted by Gasteiger charge is 2.38. The minimum absolute atomic E-state index is 0.0369. The molecule has 14 nitrogen and oxygen atoms in total. The summed E-state index contributed by atoms with van der Waals surface area (Å²) in [5.74, 6) is 6.17. The van der Waals surface area contributed by atoms with Gasteiger partial charge in [-0.25, -0.2) is 23.1 Å². The van der Waals surface area contributed by atoms with Gasteiger partial charge in [0.1, 0.15) is 23.3 Å². The summed E-state index contributed by atoms with van der Waals surface area (Å²) in [4.78, 5) is 49.0. The van der Waals surface area contributed by atoms with Crippen molar-refractivity contribution < 1.29 is 26.7 Å². The van der Waals surface area contributed by atoms with E-state index in [0.29, 0.717) is 61.9 Å². The minimum atomic E-state index is -4.17. The number of halogens is 3. The number of rotatable bonds is 10. The summed E-state index contributed by atoms with van der Waals surface area (Å²) in [5.41, 5.74) is 2.18. The van der Waals surface area contributed by atoms with Gasteiger partial charge in [0.25, 0.3) is 21.5 Å². The molecule has 2 aliphatic rings. The van der Waals surface area contributed by atoms with Crippen LogP contribution in [0.3, 0.4) is 0 Å². The lowest BCUT2D eigenvalue weighted by molar-refractivity contribution is -0.194. The molecule has 0 spiro atoms. The molecular formula is C42H36ClF2N9O5S2. The Kier molecular flexibility index (Phi) is 11.8. The molecule has 2 fully saturated rings. The van der Waals surface area contributed by atoms with Gasteiger partial charge >= 0.3 is 6.61 Å². The number of aromatic nitrogens is 5. The third-order valence-electron chi connectivity index (χ3n) is 11.2. The summed E-state index contributed by atoms with van der Waals surface area (Å²) in [7, 11) is -2.31. The number of carbonyl (C=O) groups is 1. The van der Waals surface area contributed by atoms with Crippen LogP contribution in [-0.4, -0.2) is 88.7 Å². The summed E-state index contributed by atoms with van der Waals surface area (Å²) in [6.45, 7) is 0.381. The molecule has 1 aliphatic carbocycles. The molecule has 6 aromatic rings. The molecule has 8 rings (SSSR count). The molecule has 0 atom stereocenters. The minimum Gasteiger partial charge on any atom is -0.355 e. The second kappa shape index (κ2) is 17.2. The normalized spacial score (nSPS) is 17.1. The third-order valence-corrected chi connectivity index (χ3v) is 13.7. The number of nitrogens with one attached hydrogen (secondary N) is 1. The number of hydrogen-bond acceptors (Lipinski definition) is 13. The molecule has 0 radical (unpaired) electrons. The van der Waals surface area contributed by atoms with Crippen LogP contribution in [-0.2, 0) is 21.3 Å². The molecular weight excluding hydrogens is 848 g/mol. The first-order valence-electron chi connectivity index (χ1n) is 19.2. The van der Waals surface area contributed by atoms with Crippen molar-refractivity contribution in [2.75, 3.05) is 25.0 Å². The number of ether oxygens (including phenoxy) is 1. The highest BCUT2D eigenvalue weighted by atomic mass is 35.5. The first-order valence-corrected chi connectivity index (χ1v) is 21.9. The second-order valence-corrected chi connectivity index (χ2v) is 17.7. The summed E-state index contributed by atoms with van der Waals surface area (Å²) in [6, 6.07) is 11.9. The number of hydrogen-bond donors (Lipinski definition) is 1. The number of nitrogens with zero attached hydrogens (tertiary/aromatic N) is 8. The number of nitriles is 1. The maximum absolute atomic E-state index is 14.2. The van der Waals surface area contributed by atoms with Crippen LogP contribution < -0.4 is 15.2 Å². The van der Waals surface area contributed by atoms with Crippen LogP contribution in [0.15, 0.2) is 76.3 Å². The van der Waals surface area contributed by atoms with E-state index < -0.39 is 34.2 Å². The zero-order chi connectivity index (χ0) is 43.0. The number of likely N-dealkylation sites (tertiary alicyclic amines) is 1. The Morgan fingerprint density at radius 3 is 2.59 bits per heavy atom. The number of benzene rings is 1. The van der Waals surface area contributed by atoms with E-state index in [0.717, 1.165) is 25.9 Å². The van der Waals surface area contributed by atoms with Gasteiger partial charge in [-0.15, -0.1) is 11.3 Å². The molecule has 312 valence electrons. The van der Waals surface area contributed by atoms with Crippen LogP contribution >= 0.6 is 22.9 Å². The third kappa shape index (κ3) is 8.42. The summed E-state index contributed by atoms with van der Waals surface area (Å²) >= 11 is 7.69. The smallest absolute Gasteiger partial charge is 0.345 e. The summed E-state index contributed by atoms with van der Waals surface area (Å²) in [5, 5.41) is 12.5. The number of alkyl halides is 2. The van der Waals surface area contributed by atoms with Gasteiger partial charge in [0.2, 0.25) is 0 Å². The van der Waals surface area contributed by atoms with E-state index in [2.05, 4.69) is 52.2 Å². The van der Waals surface area contributed by atoms with Crippen LogP contribution in [0.1, 0.15) is 53.0 Å². The predicted molar refractivity (Wildman–Crippen MR) is 226 cm³/mol. The van der Waals surface area contributed by atoms with Gasteiger partial charge in [0, 0.05) is 77.9 Å². The maximum Gasteiger partial charge on any atom is 0.345 e. The fourth-order valence-corrected chi connectivity index (χ4v) is 10.1. The van der Waals surface area contributed by atoms with Gasteiger partial charge in [-0.1, -0.05) is 23.4 Å². The van der Waals surface area contributed by atoms with Crippen molar-refractivity contribution in [2.45, 2.75) is 68.8 Å². The topological polar surface area (TPSA) is 176 Å². The Labute approximate surface area is 357 Å². The highest BCUT2D eigenvalue weighted by molar-refractivity contribution is 7.90. The molecule has 1 saturated carbocycles. The van der Waals surface area contributed by atoms with Gasteiger partial charge in [0.15, 0.2) is 0 Å². The number of anilines is 1. The first-order chi connectivity index (χ1) is 29.3. The van der Waals surface area contributed by atoms with Crippen LogP contribution in [0, 0.1) is 30.1 Å². The van der Waals surface area contributed by atoms with Crippen LogP contribution in [0.25, 0.3) is 32.2 Å². The number of amides is 1. The first kappa shape index (κ1) is 41.8. The van der Waals surface area contributed by atoms with E-state index in [4.69, 9.17) is 11.6 Å². The number of sulfonamides is 1. The van der Waals surface area contributed by atoms with Crippen molar-refractivity contribution in [2.24, 2.45) is 0 Å². The number of pyridine rings is 3. The fourth-order valence-electron chi connectivity index (χ4n) is 7.89. The fraction of sp³-hybridized carbons (Fsp3) is 0.310. The van der Waals surface area contributed by atoms with E-state index >= 15 is 0 Å². The Morgan fingerprint density at radius 1 is 1.11 bits per heavy atom. The molecule has 1 aliphatic heterocycles. The van der Waals surface area contributed by atoms with Gasteiger partial charge in [-0.2, -0.15) is 14.0 Å². The Hall–Kier alpha value is -5.89. The van der Waals surface area contributed by atoms with E-state index in [1.165, 1.54) is 58.2 Å². The van der Waals surface area contributed by atoms with Crippen molar-refractivity contribution >= 4 is 65.8 Å². The lowest BCUT2D eigenvalue weighted by Gasteiger charge is -2.46. The molecule has 1 aromatic carbocycles. The van der Waals surface area contributed by atoms with Crippen LogP contribution in [0.5, 0.6) is 0 Å². The molecule has 19 heteroatoms. The lowest BCUT2D eigenvalue weighted by Crippen LogP contribution is -2.53. The molecule has 0 unspecified atom stereocenters. The Bertz CT molecular complexity index is 2950. The summed E-state index contributed by atoms with van der Waals surface area (Å²) < 4.78 is 59.7. The van der Waals surface area contributed by atoms with Gasteiger partial charge in [-0.3, -0.25) is 24.1 Å². The Morgan fingerprint density at radius 2 is 1.87 bits per heavy atom. The van der Waals surface area contributed by atoms with Crippen molar-refractivity contribution in [3.8, 4) is 29.0 Å². The number of aryl methyl sites for hydroxylation is 1. The van der Waals surface area contributed by atoms with Crippen LogP contribution in [0.2, 0.25) is 5.02 Å². The molecule has 1 amide bonds. The highest BCUT2D eigenvalue weighted by Crippen LogP contribution is 2.37. The zero-order valence-corrected chi connectivity index (χ0v) is 35.1. The molecule has 1 saturated heterocycles. The number of carbonyl (C=O) groups excluding carboxylic acids is 1. The van der Waals surface area contributed by atoms with E-state index in [9.17, 15) is 32.0 Å². The van der Waals surface area contributed by atoms with Crippen molar-refractivity contribution in [1.29, 1.82) is 5.26 Å². The van der Waals surface area contributed by atoms with Crippen molar-refractivity contribution in [3.63, 3.8) is 0 Å². The van der Waals surface area contributed by atoms with E-state index in [1.807, 2.05) is 11.9 Å². The molecule has 61 heavy (non-hydrogen) atoms.